The lowest BCUT2D eigenvalue weighted by Gasteiger charge is -2.29. The minimum absolute atomic E-state index is 0.0332. The summed E-state index contributed by atoms with van der Waals surface area (Å²) in [6, 6.07) is 10.0. The standard InChI is InChI=1S/C21H27FN2O4S2/c1-15-5-3-4-6-21(15)24-30(27,28)20-13-11-19(12-14-20)29(25,26)23-16(2)17-7-9-18(22)10-8-17/h7-16,21,23-24H,3-6H2,1-2H3/t15-,16+,21+/m1/s1. The van der Waals surface area contributed by atoms with Gasteiger partial charge in [0.1, 0.15) is 5.82 Å². The smallest absolute Gasteiger partial charge is 0.208 e. The van der Waals surface area contributed by atoms with Gasteiger partial charge in [-0.2, -0.15) is 0 Å². The fourth-order valence-electron chi connectivity index (χ4n) is 3.68. The third-order valence-corrected chi connectivity index (χ3v) is 8.63. The fraction of sp³-hybridized carbons (Fsp3) is 0.429. The first-order valence-corrected chi connectivity index (χ1v) is 13.0. The average molecular weight is 455 g/mol. The summed E-state index contributed by atoms with van der Waals surface area (Å²) in [7, 11) is -7.60. The zero-order valence-corrected chi connectivity index (χ0v) is 18.6. The molecular weight excluding hydrogens is 427 g/mol. The number of hydrogen-bond acceptors (Lipinski definition) is 4. The van der Waals surface area contributed by atoms with Crippen LogP contribution in [0.25, 0.3) is 0 Å². The molecule has 0 heterocycles. The van der Waals surface area contributed by atoms with E-state index in [1.54, 1.807) is 6.92 Å². The maximum Gasteiger partial charge on any atom is 0.241 e. The lowest BCUT2D eigenvalue weighted by molar-refractivity contribution is 0.310. The second-order valence-electron chi connectivity index (χ2n) is 7.86. The van der Waals surface area contributed by atoms with E-state index in [4.69, 9.17) is 0 Å². The largest absolute Gasteiger partial charge is 0.241 e. The van der Waals surface area contributed by atoms with Gasteiger partial charge < -0.3 is 0 Å². The van der Waals surface area contributed by atoms with E-state index in [0.717, 1.165) is 25.7 Å². The van der Waals surface area contributed by atoms with Crippen molar-refractivity contribution in [3.8, 4) is 0 Å². The number of rotatable bonds is 7. The van der Waals surface area contributed by atoms with Gasteiger partial charge >= 0.3 is 0 Å². The highest BCUT2D eigenvalue weighted by atomic mass is 32.2. The normalized spacial score (nSPS) is 21.3. The molecule has 3 rings (SSSR count). The Morgan fingerprint density at radius 2 is 1.40 bits per heavy atom. The maximum atomic E-state index is 13.1. The van der Waals surface area contributed by atoms with E-state index >= 15 is 0 Å². The van der Waals surface area contributed by atoms with Crippen LogP contribution >= 0.6 is 0 Å². The second kappa shape index (κ2) is 9.13. The minimum Gasteiger partial charge on any atom is -0.208 e. The van der Waals surface area contributed by atoms with Gasteiger partial charge in [-0.1, -0.05) is 31.9 Å². The van der Waals surface area contributed by atoms with Gasteiger partial charge in [-0.15, -0.1) is 0 Å². The summed E-state index contributed by atoms with van der Waals surface area (Å²) < 4.78 is 69.0. The third-order valence-electron chi connectivity index (χ3n) is 5.56. The van der Waals surface area contributed by atoms with Crippen molar-refractivity contribution < 1.29 is 21.2 Å². The minimum atomic E-state index is -3.87. The third kappa shape index (κ3) is 5.46. The van der Waals surface area contributed by atoms with Gasteiger partial charge in [0.2, 0.25) is 20.0 Å². The van der Waals surface area contributed by atoms with Crippen molar-refractivity contribution in [2.45, 2.75) is 61.4 Å². The Labute approximate surface area is 178 Å². The van der Waals surface area contributed by atoms with Crippen molar-refractivity contribution in [1.29, 1.82) is 0 Å². The van der Waals surface area contributed by atoms with Crippen LogP contribution in [-0.4, -0.2) is 22.9 Å². The molecule has 30 heavy (non-hydrogen) atoms. The number of hydrogen-bond donors (Lipinski definition) is 2. The molecule has 1 aliphatic rings. The molecule has 1 aliphatic carbocycles. The summed E-state index contributed by atoms with van der Waals surface area (Å²) in [5.74, 6) is -0.132. The molecule has 0 radical (unpaired) electrons. The quantitative estimate of drug-likeness (QED) is 0.667. The molecule has 0 unspecified atom stereocenters. The van der Waals surface area contributed by atoms with Crippen molar-refractivity contribution in [2.75, 3.05) is 0 Å². The van der Waals surface area contributed by atoms with E-state index in [1.165, 1.54) is 48.5 Å². The van der Waals surface area contributed by atoms with Gasteiger partial charge in [-0.3, -0.25) is 0 Å². The SMILES string of the molecule is C[C@H](NS(=O)(=O)c1ccc(S(=O)(=O)N[C@H]2CCCC[C@H]2C)cc1)c1ccc(F)cc1. The van der Waals surface area contributed by atoms with Gasteiger partial charge in [0.25, 0.3) is 0 Å². The highest BCUT2D eigenvalue weighted by Crippen LogP contribution is 2.26. The summed E-state index contributed by atoms with van der Waals surface area (Å²) in [5, 5.41) is 0. The van der Waals surface area contributed by atoms with Crippen LogP contribution in [0.3, 0.4) is 0 Å². The van der Waals surface area contributed by atoms with Gasteiger partial charge in [0, 0.05) is 12.1 Å². The molecule has 3 atom stereocenters. The zero-order chi connectivity index (χ0) is 21.9. The summed E-state index contributed by atoms with van der Waals surface area (Å²) in [6.45, 7) is 3.69. The van der Waals surface area contributed by atoms with Gasteiger partial charge in [0.15, 0.2) is 0 Å². The molecule has 0 bridgehead atoms. The predicted octanol–water partition coefficient (Wildman–Crippen LogP) is 3.72. The lowest BCUT2D eigenvalue weighted by Crippen LogP contribution is -2.40. The molecule has 2 aromatic rings. The van der Waals surface area contributed by atoms with Gasteiger partial charge in [0.05, 0.1) is 9.79 Å². The highest BCUT2D eigenvalue weighted by Gasteiger charge is 2.27. The Hall–Kier alpha value is -1.81. The molecular formula is C21H27FN2O4S2. The first-order chi connectivity index (χ1) is 14.1. The van der Waals surface area contributed by atoms with Gasteiger partial charge in [-0.25, -0.2) is 30.7 Å². The first kappa shape index (κ1) is 22.9. The molecule has 0 amide bonds. The van der Waals surface area contributed by atoms with Crippen molar-refractivity contribution in [3.63, 3.8) is 0 Å². The van der Waals surface area contributed by atoms with Crippen molar-refractivity contribution in [1.82, 2.24) is 9.44 Å². The summed E-state index contributed by atoms with van der Waals surface area (Å²) >= 11 is 0. The van der Waals surface area contributed by atoms with E-state index in [0.29, 0.717) is 5.56 Å². The van der Waals surface area contributed by atoms with Crippen LogP contribution in [0.2, 0.25) is 0 Å². The molecule has 0 spiro atoms. The van der Waals surface area contributed by atoms with Crippen LogP contribution in [0.1, 0.15) is 51.1 Å². The molecule has 0 saturated heterocycles. The Morgan fingerprint density at radius 1 is 0.867 bits per heavy atom. The van der Waals surface area contributed by atoms with E-state index in [2.05, 4.69) is 9.44 Å². The lowest BCUT2D eigenvalue weighted by atomic mass is 9.87. The fourth-order valence-corrected chi connectivity index (χ4v) is 6.29. The number of benzene rings is 2. The Kier molecular flexibility index (Phi) is 6.96. The van der Waals surface area contributed by atoms with Crippen molar-refractivity contribution in [2.24, 2.45) is 5.92 Å². The Bertz CT molecular complexity index is 1070. The van der Waals surface area contributed by atoms with Crippen LogP contribution in [0.15, 0.2) is 58.3 Å². The Morgan fingerprint density at radius 3 is 1.97 bits per heavy atom. The molecule has 6 nitrogen and oxygen atoms in total. The van der Waals surface area contributed by atoms with Crippen molar-refractivity contribution >= 4 is 20.0 Å². The number of nitrogens with one attached hydrogen (secondary N) is 2. The molecule has 9 heteroatoms. The number of sulfonamides is 2. The second-order valence-corrected chi connectivity index (χ2v) is 11.3. The van der Waals surface area contributed by atoms with E-state index < -0.39 is 31.9 Å². The zero-order valence-electron chi connectivity index (χ0n) is 17.0. The van der Waals surface area contributed by atoms with Crippen LogP contribution in [0.4, 0.5) is 4.39 Å². The molecule has 1 fully saturated rings. The maximum absolute atomic E-state index is 13.1. The number of halogens is 1. The molecule has 2 aromatic carbocycles. The topological polar surface area (TPSA) is 92.3 Å². The molecule has 2 N–H and O–H groups in total. The Balaban J connectivity index is 1.72. The summed E-state index contributed by atoms with van der Waals surface area (Å²) in [6.07, 6.45) is 3.89. The summed E-state index contributed by atoms with van der Waals surface area (Å²) in [4.78, 5) is -0.00717. The van der Waals surface area contributed by atoms with E-state index in [9.17, 15) is 21.2 Å². The van der Waals surface area contributed by atoms with Crippen LogP contribution in [0, 0.1) is 11.7 Å². The van der Waals surface area contributed by atoms with E-state index in [1.807, 2.05) is 6.92 Å². The monoisotopic (exact) mass is 454 g/mol. The van der Waals surface area contributed by atoms with E-state index in [-0.39, 0.29) is 21.8 Å². The highest BCUT2D eigenvalue weighted by molar-refractivity contribution is 7.90. The first-order valence-electron chi connectivity index (χ1n) is 9.99. The molecule has 164 valence electrons. The predicted molar refractivity (Wildman–Crippen MR) is 113 cm³/mol. The molecule has 0 aliphatic heterocycles. The average Bonchev–Trinajstić information content (AvgIpc) is 2.70. The molecule has 1 saturated carbocycles. The molecule has 0 aromatic heterocycles. The van der Waals surface area contributed by atoms with Crippen LogP contribution < -0.4 is 9.44 Å². The van der Waals surface area contributed by atoms with Crippen LogP contribution in [0.5, 0.6) is 0 Å². The summed E-state index contributed by atoms with van der Waals surface area (Å²) in [5.41, 5.74) is 0.616. The van der Waals surface area contributed by atoms with Crippen molar-refractivity contribution in [3.05, 3.63) is 59.9 Å². The van der Waals surface area contributed by atoms with Gasteiger partial charge in [-0.05, 0) is 67.6 Å². The van der Waals surface area contributed by atoms with Crippen LogP contribution in [-0.2, 0) is 20.0 Å².